The SMILES string of the molecule is CCC(Oc1c(F)cccc1CO)C(N)=O. The maximum Gasteiger partial charge on any atom is 0.258 e. The summed E-state index contributed by atoms with van der Waals surface area (Å²) in [4.78, 5) is 11.0. The molecule has 1 aromatic rings. The summed E-state index contributed by atoms with van der Waals surface area (Å²) in [7, 11) is 0. The predicted octanol–water partition coefficient (Wildman–Crippen LogP) is 0.961. The third kappa shape index (κ3) is 2.70. The van der Waals surface area contributed by atoms with Crippen molar-refractivity contribution in [3.63, 3.8) is 0 Å². The van der Waals surface area contributed by atoms with E-state index < -0.39 is 17.8 Å². The third-order valence-electron chi connectivity index (χ3n) is 2.17. The van der Waals surface area contributed by atoms with E-state index in [1.807, 2.05) is 0 Å². The van der Waals surface area contributed by atoms with Gasteiger partial charge in [0.1, 0.15) is 0 Å². The van der Waals surface area contributed by atoms with Gasteiger partial charge in [0, 0.05) is 5.56 Å². The van der Waals surface area contributed by atoms with Crippen LogP contribution in [-0.2, 0) is 11.4 Å². The van der Waals surface area contributed by atoms with Gasteiger partial charge in [-0.05, 0) is 12.5 Å². The van der Waals surface area contributed by atoms with E-state index in [2.05, 4.69) is 0 Å². The number of amides is 1. The molecule has 5 heteroatoms. The van der Waals surface area contributed by atoms with Crippen molar-refractivity contribution in [1.82, 2.24) is 0 Å². The first-order valence-electron chi connectivity index (χ1n) is 4.94. The lowest BCUT2D eigenvalue weighted by Crippen LogP contribution is -2.33. The number of benzene rings is 1. The van der Waals surface area contributed by atoms with Crippen LogP contribution in [0.25, 0.3) is 0 Å². The summed E-state index contributed by atoms with van der Waals surface area (Å²) in [5, 5.41) is 9.00. The molecule has 1 atom stereocenters. The summed E-state index contributed by atoms with van der Waals surface area (Å²) >= 11 is 0. The molecule has 0 saturated heterocycles. The minimum atomic E-state index is -0.887. The van der Waals surface area contributed by atoms with Crippen LogP contribution in [0.4, 0.5) is 4.39 Å². The van der Waals surface area contributed by atoms with Crippen molar-refractivity contribution in [2.24, 2.45) is 5.73 Å². The molecule has 0 bridgehead atoms. The summed E-state index contributed by atoms with van der Waals surface area (Å²) in [6, 6.07) is 4.17. The number of ether oxygens (including phenoxy) is 1. The molecule has 16 heavy (non-hydrogen) atoms. The fraction of sp³-hybridized carbons (Fsp3) is 0.364. The molecule has 1 unspecified atom stereocenters. The van der Waals surface area contributed by atoms with Crippen LogP contribution in [0.3, 0.4) is 0 Å². The highest BCUT2D eigenvalue weighted by atomic mass is 19.1. The largest absolute Gasteiger partial charge is 0.477 e. The molecule has 0 aliphatic rings. The molecule has 0 aromatic heterocycles. The molecule has 0 heterocycles. The highest BCUT2D eigenvalue weighted by Crippen LogP contribution is 2.24. The van der Waals surface area contributed by atoms with Crippen molar-refractivity contribution < 1.29 is 19.0 Å². The number of rotatable bonds is 5. The topological polar surface area (TPSA) is 72.6 Å². The lowest BCUT2D eigenvalue weighted by atomic mass is 10.2. The summed E-state index contributed by atoms with van der Waals surface area (Å²) < 4.78 is 18.6. The summed E-state index contributed by atoms with van der Waals surface area (Å²) in [5.41, 5.74) is 5.38. The van der Waals surface area contributed by atoms with Gasteiger partial charge in [0.25, 0.3) is 5.91 Å². The number of nitrogens with two attached hydrogens (primary N) is 1. The van der Waals surface area contributed by atoms with Crippen molar-refractivity contribution in [1.29, 1.82) is 0 Å². The lowest BCUT2D eigenvalue weighted by molar-refractivity contribution is -0.124. The normalized spacial score (nSPS) is 12.2. The maximum absolute atomic E-state index is 13.4. The number of carbonyl (C=O) groups excluding carboxylic acids is 1. The van der Waals surface area contributed by atoms with Gasteiger partial charge in [0.05, 0.1) is 6.61 Å². The van der Waals surface area contributed by atoms with Crippen LogP contribution >= 0.6 is 0 Å². The van der Waals surface area contributed by atoms with E-state index in [0.717, 1.165) is 0 Å². The number of para-hydroxylation sites is 1. The molecule has 0 aliphatic heterocycles. The van der Waals surface area contributed by atoms with Gasteiger partial charge < -0.3 is 15.6 Å². The van der Waals surface area contributed by atoms with Crippen molar-refractivity contribution in [2.75, 3.05) is 0 Å². The number of carbonyl (C=O) groups is 1. The molecular weight excluding hydrogens is 213 g/mol. The monoisotopic (exact) mass is 227 g/mol. The standard InChI is InChI=1S/C11H14FNO3/c1-2-9(11(13)15)16-10-7(6-14)4-3-5-8(10)12/h3-5,9,14H,2,6H2,1H3,(H2,13,15). The van der Waals surface area contributed by atoms with E-state index in [4.69, 9.17) is 15.6 Å². The van der Waals surface area contributed by atoms with Gasteiger partial charge in [0.2, 0.25) is 0 Å². The van der Waals surface area contributed by atoms with Gasteiger partial charge in [-0.1, -0.05) is 19.1 Å². The van der Waals surface area contributed by atoms with E-state index >= 15 is 0 Å². The Hall–Kier alpha value is -1.62. The van der Waals surface area contributed by atoms with Crippen LogP contribution < -0.4 is 10.5 Å². The fourth-order valence-electron chi connectivity index (χ4n) is 1.29. The zero-order chi connectivity index (χ0) is 12.1. The van der Waals surface area contributed by atoms with E-state index in [-0.39, 0.29) is 12.4 Å². The second kappa shape index (κ2) is 5.46. The van der Waals surface area contributed by atoms with Gasteiger partial charge in [-0.15, -0.1) is 0 Å². The zero-order valence-electron chi connectivity index (χ0n) is 8.94. The predicted molar refractivity (Wildman–Crippen MR) is 56.2 cm³/mol. The highest BCUT2D eigenvalue weighted by molar-refractivity contribution is 5.79. The highest BCUT2D eigenvalue weighted by Gasteiger charge is 2.18. The van der Waals surface area contributed by atoms with Crippen LogP contribution in [0.5, 0.6) is 5.75 Å². The number of hydrogen-bond acceptors (Lipinski definition) is 3. The van der Waals surface area contributed by atoms with Crippen LogP contribution in [0.15, 0.2) is 18.2 Å². The van der Waals surface area contributed by atoms with E-state index in [1.54, 1.807) is 6.92 Å². The Kier molecular flexibility index (Phi) is 4.25. The van der Waals surface area contributed by atoms with Crippen molar-refractivity contribution in [3.8, 4) is 5.75 Å². The molecule has 1 rings (SSSR count). The average Bonchev–Trinajstić information content (AvgIpc) is 2.26. The van der Waals surface area contributed by atoms with Gasteiger partial charge >= 0.3 is 0 Å². The molecule has 4 nitrogen and oxygen atoms in total. The molecule has 0 fully saturated rings. The number of primary amides is 1. The van der Waals surface area contributed by atoms with E-state index in [1.165, 1.54) is 18.2 Å². The summed E-state index contributed by atoms with van der Waals surface area (Å²) in [6.07, 6.45) is -0.545. The molecule has 3 N–H and O–H groups in total. The molecule has 0 saturated carbocycles. The molecular formula is C11H14FNO3. The average molecular weight is 227 g/mol. The minimum absolute atomic E-state index is 0.115. The van der Waals surface area contributed by atoms with Gasteiger partial charge in [-0.3, -0.25) is 4.79 Å². The Morgan fingerprint density at radius 3 is 2.81 bits per heavy atom. The van der Waals surface area contributed by atoms with Crippen LogP contribution in [0.2, 0.25) is 0 Å². The van der Waals surface area contributed by atoms with Crippen molar-refractivity contribution >= 4 is 5.91 Å². The quantitative estimate of drug-likeness (QED) is 0.787. The summed E-state index contributed by atoms with van der Waals surface area (Å²) in [5.74, 6) is -1.39. The fourth-order valence-corrected chi connectivity index (χ4v) is 1.29. The molecule has 0 radical (unpaired) electrons. The van der Waals surface area contributed by atoms with Gasteiger partial charge in [-0.25, -0.2) is 4.39 Å². The smallest absolute Gasteiger partial charge is 0.258 e. The van der Waals surface area contributed by atoms with E-state index in [0.29, 0.717) is 12.0 Å². The molecule has 0 aliphatic carbocycles. The Bertz CT molecular complexity index is 381. The van der Waals surface area contributed by atoms with Crippen LogP contribution in [0, 0.1) is 5.82 Å². The first-order chi connectivity index (χ1) is 7.60. The zero-order valence-corrected chi connectivity index (χ0v) is 8.94. The van der Waals surface area contributed by atoms with Crippen molar-refractivity contribution in [3.05, 3.63) is 29.6 Å². The number of hydrogen-bond donors (Lipinski definition) is 2. The Morgan fingerprint density at radius 1 is 1.62 bits per heavy atom. The Balaban J connectivity index is 2.98. The van der Waals surface area contributed by atoms with Crippen LogP contribution in [0.1, 0.15) is 18.9 Å². The first kappa shape index (κ1) is 12.4. The molecule has 0 spiro atoms. The second-order valence-corrected chi connectivity index (χ2v) is 3.30. The van der Waals surface area contributed by atoms with Gasteiger partial charge in [-0.2, -0.15) is 0 Å². The van der Waals surface area contributed by atoms with Crippen LogP contribution in [-0.4, -0.2) is 17.1 Å². The molecule has 1 aromatic carbocycles. The Morgan fingerprint density at radius 2 is 2.31 bits per heavy atom. The minimum Gasteiger partial charge on any atom is -0.477 e. The Labute approximate surface area is 92.8 Å². The van der Waals surface area contributed by atoms with E-state index in [9.17, 15) is 9.18 Å². The first-order valence-corrected chi connectivity index (χ1v) is 4.94. The van der Waals surface area contributed by atoms with Crippen molar-refractivity contribution in [2.45, 2.75) is 26.1 Å². The van der Waals surface area contributed by atoms with Gasteiger partial charge in [0.15, 0.2) is 17.7 Å². The number of halogens is 1. The maximum atomic E-state index is 13.4. The second-order valence-electron chi connectivity index (χ2n) is 3.30. The number of aliphatic hydroxyl groups is 1. The lowest BCUT2D eigenvalue weighted by Gasteiger charge is -2.16. The number of aliphatic hydroxyl groups excluding tert-OH is 1. The molecule has 1 amide bonds. The summed E-state index contributed by atoms with van der Waals surface area (Å²) in [6.45, 7) is 1.34. The third-order valence-corrected chi connectivity index (χ3v) is 2.17. The molecule has 88 valence electrons.